The van der Waals surface area contributed by atoms with Crippen LogP contribution in [0.5, 0.6) is 5.75 Å². The monoisotopic (exact) mass is 266 g/mol. The van der Waals surface area contributed by atoms with Crippen LogP contribution in [0.15, 0.2) is 24.3 Å². The van der Waals surface area contributed by atoms with Crippen LogP contribution < -0.4 is 15.8 Å². The van der Waals surface area contributed by atoms with Crippen molar-refractivity contribution in [2.45, 2.75) is 25.9 Å². The number of methoxy groups -OCH3 is 1. The molecule has 3 N–H and O–H groups in total. The Morgan fingerprint density at radius 1 is 1.32 bits per heavy atom. The molecule has 5 heteroatoms. The van der Waals surface area contributed by atoms with Crippen molar-refractivity contribution in [3.8, 4) is 5.75 Å². The van der Waals surface area contributed by atoms with Crippen molar-refractivity contribution in [1.82, 2.24) is 0 Å². The van der Waals surface area contributed by atoms with Crippen LogP contribution in [-0.4, -0.2) is 31.8 Å². The maximum Gasteiger partial charge on any atom is 0.227 e. The minimum atomic E-state index is -0.464. The average Bonchev–Trinajstić information content (AvgIpc) is 2.37. The van der Waals surface area contributed by atoms with Gasteiger partial charge < -0.3 is 20.5 Å². The van der Waals surface area contributed by atoms with Gasteiger partial charge in [-0.3, -0.25) is 4.79 Å². The normalized spacial score (nSPS) is 11.2. The lowest BCUT2D eigenvalue weighted by molar-refractivity contribution is -0.121. The van der Waals surface area contributed by atoms with Crippen molar-refractivity contribution in [3.05, 3.63) is 24.3 Å². The molecule has 0 saturated heterocycles. The van der Waals surface area contributed by atoms with Gasteiger partial charge in [-0.25, -0.2) is 0 Å². The van der Waals surface area contributed by atoms with Gasteiger partial charge in [0.15, 0.2) is 0 Å². The SMILES string of the molecule is COC(C)(C)CC(=O)Nc1ccc(OCCN)cc1. The van der Waals surface area contributed by atoms with Gasteiger partial charge in [0.25, 0.3) is 0 Å². The van der Waals surface area contributed by atoms with E-state index in [0.717, 1.165) is 11.4 Å². The van der Waals surface area contributed by atoms with Gasteiger partial charge in [-0.15, -0.1) is 0 Å². The number of carbonyl (C=O) groups excluding carboxylic acids is 1. The molecule has 0 bridgehead atoms. The van der Waals surface area contributed by atoms with Crippen LogP contribution >= 0.6 is 0 Å². The maximum absolute atomic E-state index is 11.8. The Morgan fingerprint density at radius 2 is 1.95 bits per heavy atom. The molecule has 0 unspecified atom stereocenters. The van der Waals surface area contributed by atoms with E-state index in [-0.39, 0.29) is 5.91 Å². The van der Waals surface area contributed by atoms with Gasteiger partial charge in [-0.2, -0.15) is 0 Å². The van der Waals surface area contributed by atoms with E-state index in [1.165, 1.54) is 0 Å². The summed E-state index contributed by atoms with van der Waals surface area (Å²) in [4.78, 5) is 11.8. The fraction of sp³-hybridized carbons (Fsp3) is 0.500. The lowest BCUT2D eigenvalue weighted by Crippen LogP contribution is -2.29. The number of anilines is 1. The fourth-order valence-electron chi connectivity index (χ4n) is 1.48. The molecule has 0 aromatic heterocycles. The summed E-state index contributed by atoms with van der Waals surface area (Å²) in [7, 11) is 1.59. The van der Waals surface area contributed by atoms with E-state index in [0.29, 0.717) is 19.6 Å². The topological polar surface area (TPSA) is 73.6 Å². The van der Waals surface area contributed by atoms with Gasteiger partial charge in [0, 0.05) is 19.3 Å². The summed E-state index contributed by atoms with van der Waals surface area (Å²) in [6.07, 6.45) is 0.301. The van der Waals surface area contributed by atoms with E-state index in [4.69, 9.17) is 15.2 Å². The Hall–Kier alpha value is -1.59. The quantitative estimate of drug-likeness (QED) is 0.789. The minimum Gasteiger partial charge on any atom is -0.492 e. The van der Waals surface area contributed by atoms with Gasteiger partial charge in [0.2, 0.25) is 5.91 Å². The second kappa shape index (κ2) is 7.11. The predicted molar refractivity (Wildman–Crippen MR) is 75.3 cm³/mol. The molecule has 19 heavy (non-hydrogen) atoms. The second-order valence-electron chi connectivity index (χ2n) is 4.85. The number of nitrogens with one attached hydrogen (secondary N) is 1. The van der Waals surface area contributed by atoms with Crippen molar-refractivity contribution in [2.75, 3.05) is 25.6 Å². The third kappa shape index (κ3) is 5.72. The van der Waals surface area contributed by atoms with Crippen molar-refractivity contribution >= 4 is 11.6 Å². The highest BCUT2D eigenvalue weighted by molar-refractivity contribution is 5.91. The number of hydrogen-bond donors (Lipinski definition) is 2. The van der Waals surface area contributed by atoms with Crippen LogP contribution in [0.3, 0.4) is 0 Å². The Morgan fingerprint density at radius 3 is 2.47 bits per heavy atom. The number of amides is 1. The molecule has 1 rings (SSSR count). The number of rotatable bonds is 7. The zero-order valence-electron chi connectivity index (χ0n) is 11.7. The van der Waals surface area contributed by atoms with E-state index < -0.39 is 5.60 Å². The Balaban J connectivity index is 2.51. The Bertz CT molecular complexity index is 402. The first kappa shape index (κ1) is 15.5. The highest BCUT2D eigenvalue weighted by Crippen LogP contribution is 2.18. The third-order valence-electron chi connectivity index (χ3n) is 2.66. The van der Waals surface area contributed by atoms with Gasteiger partial charge in [0.1, 0.15) is 12.4 Å². The van der Waals surface area contributed by atoms with E-state index in [1.807, 2.05) is 13.8 Å². The van der Waals surface area contributed by atoms with Crippen molar-refractivity contribution < 1.29 is 14.3 Å². The summed E-state index contributed by atoms with van der Waals surface area (Å²) in [5.41, 5.74) is 5.62. The molecule has 0 radical (unpaired) electrons. The molecule has 1 aromatic rings. The first-order valence-corrected chi connectivity index (χ1v) is 6.25. The zero-order valence-corrected chi connectivity index (χ0v) is 11.7. The highest BCUT2D eigenvalue weighted by Gasteiger charge is 2.20. The average molecular weight is 266 g/mol. The molecule has 0 heterocycles. The molecule has 5 nitrogen and oxygen atoms in total. The van der Waals surface area contributed by atoms with E-state index >= 15 is 0 Å². The van der Waals surface area contributed by atoms with E-state index in [1.54, 1.807) is 31.4 Å². The molecule has 0 spiro atoms. The Labute approximate surface area is 114 Å². The lowest BCUT2D eigenvalue weighted by atomic mass is 10.0. The molecule has 1 amide bonds. The van der Waals surface area contributed by atoms with Crippen LogP contribution in [0.2, 0.25) is 0 Å². The minimum absolute atomic E-state index is 0.0810. The molecule has 1 aromatic carbocycles. The van der Waals surface area contributed by atoms with Crippen LogP contribution in [0.25, 0.3) is 0 Å². The zero-order chi connectivity index (χ0) is 14.3. The standard InChI is InChI=1S/C14H22N2O3/c1-14(2,18-3)10-13(17)16-11-4-6-12(7-5-11)19-9-8-15/h4-7H,8-10,15H2,1-3H3,(H,16,17). The van der Waals surface area contributed by atoms with Gasteiger partial charge in [-0.05, 0) is 38.1 Å². The number of hydrogen-bond acceptors (Lipinski definition) is 4. The molecular weight excluding hydrogens is 244 g/mol. The first-order valence-electron chi connectivity index (χ1n) is 6.25. The molecule has 0 fully saturated rings. The molecule has 0 aliphatic heterocycles. The smallest absolute Gasteiger partial charge is 0.227 e. The molecular formula is C14H22N2O3. The molecule has 0 atom stereocenters. The molecule has 0 aliphatic rings. The number of ether oxygens (including phenoxy) is 2. The van der Waals surface area contributed by atoms with Crippen LogP contribution in [0.4, 0.5) is 5.69 Å². The molecule has 0 aliphatic carbocycles. The predicted octanol–water partition coefficient (Wildman–Crippen LogP) is 1.78. The summed E-state index contributed by atoms with van der Waals surface area (Å²) in [6, 6.07) is 7.19. The summed E-state index contributed by atoms with van der Waals surface area (Å²) < 4.78 is 10.6. The lowest BCUT2D eigenvalue weighted by Gasteiger charge is -2.21. The fourth-order valence-corrected chi connectivity index (χ4v) is 1.48. The number of benzene rings is 1. The van der Waals surface area contributed by atoms with E-state index in [2.05, 4.69) is 5.32 Å². The number of nitrogens with two attached hydrogens (primary N) is 1. The summed E-state index contributed by atoms with van der Waals surface area (Å²) in [6.45, 7) is 4.70. The maximum atomic E-state index is 11.8. The van der Waals surface area contributed by atoms with Gasteiger partial charge in [-0.1, -0.05) is 0 Å². The van der Waals surface area contributed by atoms with Crippen LogP contribution in [0, 0.1) is 0 Å². The Kier molecular flexibility index (Phi) is 5.79. The third-order valence-corrected chi connectivity index (χ3v) is 2.66. The van der Waals surface area contributed by atoms with Gasteiger partial charge in [0.05, 0.1) is 12.0 Å². The molecule has 106 valence electrons. The number of carbonyl (C=O) groups is 1. The van der Waals surface area contributed by atoms with Crippen molar-refractivity contribution in [3.63, 3.8) is 0 Å². The van der Waals surface area contributed by atoms with Crippen molar-refractivity contribution in [1.29, 1.82) is 0 Å². The molecule has 0 saturated carbocycles. The first-order chi connectivity index (χ1) is 8.96. The van der Waals surface area contributed by atoms with E-state index in [9.17, 15) is 4.79 Å². The van der Waals surface area contributed by atoms with Crippen LogP contribution in [0.1, 0.15) is 20.3 Å². The second-order valence-corrected chi connectivity index (χ2v) is 4.85. The summed E-state index contributed by atoms with van der Waals surface area (Å²) in [5.74, 6) is 0.656. The van der Waals surface area contributed by atoms with Crippen molar-refractivity contribution in [2.24, 2.45) is 5.73 Å². The summed E-state index contributed by atoms with van der Waals surface area (Å²) >= 11 is 0. The van der Waals surface area contributed by atoms with Crippen LogP contribution in [-0.2, 0) is 9.53 Å². The van der Waals surface area contributed by atoms with Gasteiger partial charge >= 0.3 is 0 Å². The largest absolute Gasteiger partial charge is 0.492 e. The summed E-state index contributed by atoms with van der Waals surface area (Å²) in [5, 5.41) is 2.82. The highest BCUT2D eigenvalue weighted by atomic mass is 16.5.